The van der Waals surface area contributed by atoms with Crippen molar-refractivity contribution in [1.82, 2.24) is 14.7 Å². The van der Waals surface area contributed by atoms with E-state index in [1.165, 1.54) is 6.92 Å². The van der Waals surface area contributed by atoms with E-state index in [-0.39, 0.29) is 24.1 Å². The monoisotopic (exact) mass is 469 g/mol. The molecule has 9 heteroatoms. The third-order valence-corrected chi connectivity index (χ3v) is 6.83. The van der Waals surface area contributed by atoms with Gasteiger partial charge in [0.25, 0.3) is 5.91 Å². The molecule has 1 atom stereocenters. The van der Waals surface area contributed by atoms with Crippen molar-refractivity contribution in [2.24, 2.45) is 11.7 Å². The average Bonchev–Trinajstić information content (AvgIpc) is 3.28. The van der Waals surface area contributed by atoms with Crippen LogP contribution in [0.25, 0.3) is 11.3 Å². The zero-order valence-electron chi connectivity index (χ0n) is 22.1. The summed E-state index contributed by atoms with van der Waals surface area (Å²) in [7, 11) is 3.16. The predicted octanol–water partition coefficient (Wildman–Crippen LogP) is 3.15. The standard InChI is InChI=1S/C25H33N5O4/c1-5-6-21(31)29-11-8-16(9-12-29)18-7-10-27-25-22(24(26)32)23(28-30(18)25)17-13-19(33-3)15(2)20(14-17)34-4/h5-6,13-14,16,18,27H,7-12H2,1-4H3,(H2,26,32)/b6-5+/i5D,6D. The van der Waals surface area contributed by atoms with E-state index < -0.39 is 11.8 Å². The summed E-state index contributed by atoms with van der Waals surface area (Å²) >= 11 is 0. The molecule has 182 valence electrons. The topological polar surface area (TPSA) is 112 Å². The number of nitrogens with zero attached hydrogens (tertiary/aromatic N) is 3. The van der Waals surface area contributed by atoms with Gasteiger partial charge in [0, 0.05) is 30.8 Å². The lowest BCUT2D eigenvalue weighted by Gasteiger charge is -2.38. The first-order valence-electron chi connectivity index (χ1n) is 12.5. The molecule has 0 saturated carbocycles. The van der Waals surface area contributed by atoms with Crippen LogP contribution in [-0.2, 0) is 4.79 Å². The smallest absolute Gasteiger partial charge is 0.254 e. The van der Waals surface area contributed by atoms with Crippen LogP contribution in [0, 0.1) is 12.8 Å². The van der Waals surface area contributed by atoms with Crippen LogP contribution in [0.1, 0.15) is 50.9 Å². The number of allylic oxidation sites excluding steroid dienone is 1. The number of nitrogens with two attached hydrogens (primary N) is 1. The van der Waals surface area contributed by atoms with Crippen molar-refractivity contribution in [3.05, 3.63) is 35.4 Å². The van der Waals surface area contributed by atoms with E-state index in [1.807, 2.05) is 23.7 Å². The fourth-order valence-electron chi connectivity index (χ4n) is 5.07. The van der Waals surface area contributed by atoms with Gasteiger partial charge in [0.2, 0.25) is 5.91 Å². The van der Waals surface area contributed by atoms with Gasteiger partial charge in [-0.3, -0.25) is 9.59 Å². The number of carbonyl (C=O) groups excluding carboxylic acids is 2. The molecule has 0 spiro atoms. The number of likely N-dealkylation sites (tertiary alicyclic amines) is 1. The highest BCUT2D eigenvalue weighted by Crippen LogP contribution is 2.42. The van der Waals surface area contributed by atoms with E-state index in [9.17, 15) is 9.59 Å². The van der Waals surface area contributed by atoms with E-state index in [0.29, 0.717) is 53.8 Å². The number of methoxy groups -OCH3 is 2. The highest BCUT2D eigenvalue weighted by atomic mass is 16.5. The molecule has 1 aromatic carbocycles. The molecule has 1 aromatic heterocycles. The van der Waals surface area contributed by atoms with Gasteiger partial charge < -0.3 is 25.4 Å². The molecule has 9 nitrogen and oxygen atoms in total. The molecule has 2 aliphatic rings. The van der Waals surface area contributed by atoms with Crippen LogP contribution in [0.15, 0.2) is 24.2 Å². The Bertz CT molecular complexity index is 1190. The normalized spacial score (nSPS) is 19.9. The Morgan fingerprint density at radius 2 is 1.85 bits per heavy atom. The van der Waals surface area contributed by atoms with Crippen molar-refractivity contribution in [1.29, 1.82) is 0 Å². The molecule has 4 rings (SSSR count). The summed E-state index contributed by atoms with van der Waals surface area (Å²) in [6.07, 6.45) is 2.31. The number of rotatable bonds is 6. The van der Waals surface area contributed by atoms with Gasteiger partial charge in [0.05, 0.1) is 23.0 Å². The van der Waals surface area contributed by atoms with Gasteiger partial charge in [-0.1, -0.05) is 6.05 Å². The van der Waals surface area contributed by atoms with E-state index >= 15 is 0 Å². The van der Waals surface area contributed by atoms with Gasteiger partial charge >= 0.3 is 0 Å². The summed E-state index contributed by atoms with van der Waals surface area (Å²) in [4.78, 5) is 26.7. The number of nitrogens with one attached hydrogen (secondary N) is 1. The van der Waals surface area contributed by atoms with Crippen LogP contribution in [0.5, 0.6) is 11.5 Å². The number of primary amides is 1. The number of piperidine rings is 1. The highest BCUT2D eigenvalue weighted by Gasteiger charge is 2.36. The number of benzene rings is 1. The van der Waals surface area contributed by atoms with E-state index in [0.717, 1.165) is 24.8 Å². The number of aromatic nitrogens is 2. The third kappa shape index (κ3) is 4.22. The summed E-state index contributed by atoms with van der Waals surface area (Å²) < 4.78 is 28.3. The summed E-state index contributed by atoms with van der Waals surface area (Å²) in [5.74, 6) is 1.12. The van der Waals surface area contributed by atoms with Gasteiger partial charge in [-0.25, -0.2) is 4.68 Å². The minimum Gasteiger partial charge on any atom is -0.496 e. The number of hydrogen-bond donors (Lipinski definition) is 2. The summed E-state index contributed by atoms with van der Waals surface area (Å²) in [5.41, 5.74) is 8.16. The second-order valence-corrected chi connectivity index (χ2v) is 8.67. The lowest BCUT2D eigenvalue weighted by atomic mass is 9.87. The molecule has 3 heterocycles. The average molecular weight is 470 g/mol. The van der Waals surface area contributed by atoms with E-state index in [4.69, 9.17) is 23.0 Å². The van der Waals surface area contributed by atoms with Crippen LogP contribution >= 0.6 is 0 Å². The second kappa shape index (κ2) is 9.79. The van der Waals surface area contributed by atoms with Crippen LogP contribution in [0.3, 0.4) is 0 Å². The zero-order valence-corrected chi connectivity index (χ0v) is 20.1. The number of anilines is 1. The fraction of sp³-hybridized carbons (Fsp3) is 0.480. The molecule has 1 unspecified atom stereocenters. The minimum atomic E-state index is -0.571. The Hall–Kier alpha value is -3.49. The lowest BCUT2D eigenvalue weighted by Crippen LogP contribution is -2.41. The van der Waals surface area contributed by atoms with Gasteiger partial charge in [-0.05, 0) is 57.2 Å². The Labute approximate surface area is 202 Å². The Morgan fingerprint density at radius 1 is 1.21 bits per heavy atom. The van der Waals surface area contributed by atoms with Crippen molar-refractivity contribution >= 4 is 17.6 Å². The van der Waals surface area contributed by atoms with Gasteiger partial charge in [0.15, 0.2) is 0 Å². The number of ether oxygens (including phenoxy) is 2. The van der Waals surface area contributed by atoms with Crippen molar-refractivity contribution in [3.8, 4) is 22.8 Å². The minimum absolute atomic E-state index is 0.0301. The molecule has 2 aromatic rings. The van der Waals surface area contributed by atoms with Gasteiger partial charge in [-0.15, -0.1) is 0 Å². The Balaban J connectivity index is 1.67. The maximum Gasteiger partial charge on any atom is 0.254 e. The van der Waals surface area contributed by atoms with E-state index in [2.05, 4.69) is 5.32 Å². The largest absolute Gasteiger partial charge is 0.496 e. The molecular weight excluding hydrogens is 434 g/mol. The number of fused-ring (bicyclic) bond motifs is 1. The second-order valence-electron chi connectivity index (χ2n) is 8.67. The number of carbonyl (C=O) groups is 2. The van der Waals surface area contributed by atoms with Gasteiger partial charge in [0.1, 0.15) is 28.6 Å². The molecular formula is C25H33N5O4. The molecule has 0 aliphatic carbocycles. The maximum atomic E-state index is 12.6. The molecule has 3 N–H and O–H groups in total. The molecule has 2 aliphatic heterocycles. The molecule has 2 amide bonds. The Kier molecular flexibility index (Phi) is 6.06. The molecule has 1 saturated heterocycles. The molecule has 34 heavy (non-hydrogen) atoms. The maximum absolute atomic E-state index is 12.6. The van der Waals surface area contributed by atoms with E-state index in [1.54, 1.807) is 19.1 Å². The summed E-state index contributed by atoms with van der Waals surface area (Å²) in [6.45, 7) is 5.05. The van der Waals surface area contributed by atoms with Crippen LogP contribution in [0.4, 0.5) is 5.82 Å². The summed E-state index contributed by atoms with van der Waals surface area (Å²) in [5, 5.41) is 8.20. The van der Waals surface area contributed by atoms with Crippen LogP contribution in [-0.4, -0.2) is 60.3 Å². The number of hydrogen-bond acceptors (Lipinski definition) is 6. The third-order valence-electron chi connectivity index (χ3n) is 6.83. The Morgan fingerprint density at radius 3 is 2.41 bits per heavy atom. The first-order chi connectivity index (χ1) is 17.2. The number of amides is 2. The van der Waals surface area contributed by atoms with Gasteiger partial charge in [-0.2, -0.15) is 5.10 Å². The first kappa shape index (κ1) is 21.1. The van der Waals surface area contributed by atoms with Crippen molar-refractivity contribution < 1.29 is 21.8 Å². The molecule has 0 bridgehead atoms. The fourth-order valence-corrected chi connectivity index (χ4v) is 5.07. The van der Waals surface area contributed by atoms with Crippen molar-refractivity contribution in [2.75, 3.05) is 39.2 Å². The first-order valence-corrected chi connectivity index (χ1v) is 11.5. The van der Waals surface area contributed by atoms with Crippen LogP contribution in [0.2, 0.25) is 0 Å². The van der Waals surface area contributed by atoms with Crippen molar-refractivity contribution in [3.63, 3.8) is 0 Å². The quantitative estimate of drug-likeness (QED) is 0.629. The van der Waals surface area contributed by atoms with Crippen molar-refractivity contribution in [2.45, 2.75) is 39.2 Å². The van der Waals surface area contributed by atoms with Crippen LogP contribution < -0.4 is 20.5 Å². The highest BCUT2D eigenvalue weighted by molar-refractivity contribution is 6.04. The zero-order chi connectivity index (χ0) is 26.1. The SMILES string of the molecule is [2H]/C(C)=C(/[2H])C(=O)N1CCC(C2CCNc3c(C(N)=O)c(-c4cc(OC)c(C)c(OC)c4)nn32)CC1. The lowest BCUT2D eigenvalue weighted by molar-refractivity contribution is -0.127. The predicted molar refractivity (Wildman–Crippen MR) is 130 cm³/mol. The summed E-state index contributed by atoms with van der Waals surface area (Å²) in [6, 6.07) is 3.40. The molecule has 1 fully saturated rings. The molecule has 0 radical (unpaired) electrons.